The molecule has 4 heteroatoms. The van der Waals surface area contributed by atoms with Crippen molar-refractivity contribution in [1.29, 1.82) is 0 Å². The lowest BCUT2D eigenvalue weighted by Crippen LogP contribution is -2.12. The highest BCUT2D eigenvalue weighted by atomic mass is 35.5. The first-order chi connectivity index (χ1) is 5.70. The van der Waals surface area contributed by atoms with Crippen LogP contribution in [0, 0.1) is 5.82 Å². The van der Waals surface area contributed by atoms with Crippen LogP contribution in [0.2, 0.25) is 5.02 Å². The van der Waals surface area contributed by atoms with Crippen LogP contribution in [0.25, 0.3) is 0 Å². The SMILES string of the molecule is N[C@H]1COc2ccc(Cl)c(F)c21. The van der Waals surface area contributed by atoms with Crippen LogP contribution in [0.4, 0.5) is 4.39 Å². The quantitative estimate of drug-likeness (QED) is 0.673. The third kappa shape index (κ3) is 0.974. The van der Waals surface area contributed by atoms with E-state index in [0.717, 1.165) is 0 Å². The second kappa shape index (κ2) is 2.61. The van der Waals surface area contributed by atoms with Crippen LogP contribution in [-0.2, 0) is 0 Å². The van der Waals surface area contributed by atoms with Crippen LogP contribution in [0.1, 0.15) is 11.6 Å². The number of nitrogens with two attached hydrogens (primary N) is 1. The Morgan fingerprint density at radius 1 is 1.58 bits per heavy atom. The lowest BCUT2D eigenvalue weighted by atomic mass is 10.1. The molecule has 0 aliphatic carbocycles. The summed E-state index contributed by atoms with van der Waals surface area (Å²) >= 11 is 5.57. The second-order valence-corrected chi connectivity index (χ2v) is 3.10. The van der Waals surface area contributed by atoms with Crippen LogP contribution in [0.5, 0.6) is 5.75 Å². The van der Waals surface area contributed by atoms with E-state index in [1.807, 2.05) is 0 Å². The van der Waals surface area contributed by atoms with Gasteiger partial charge in [-0.3, -0.25) is 0 Å². The summed E-state index contributed by atoms with van der Waals surface area (Å²) in [5.74, 6) is 0.0450. The lowest BCUT2D eigenvalue weighted by Gasteiger charge is -2.03. The summed E-state index contributed by atoms with van der Waals surface area (Å²) < 4.78 is 18.4. The normalized spacial score (nSPS) is 20.4. The van der Waals surface area contributed by atoms with Crippen molar-refractivity contribution in [3.05, 3.63) is 28.5 Å². The standard InChI is InChI=1S/C8H7ClFNO/c9-4-1-2-6-7(8(4)10)5(11)3-12-6/h1-2,5H,3,11H2/t5-/m0/s1. The number of halogens is 2. The van der Waals surface area contributed by atoms with Gasteiger partial charge in [0.15, 0.2) is 0 Å². The van der Waals surface area contributed by atoms with Gasteiger partial charge in [-0.1, -0.05) is 11.6 Å². The summed E-state index contributed by atoms with van der Waals surface area (Å²) in [7, 11) is 0. The summed E-state index contributed by atoms with van der Waals surface area (Å²) in [6.45, 7) is 0.326. The zero-order valence-electron chi connectivity index (χ0n) is 6.18. The van der Waals surface area contributed by atoms with Gasteiger partial charge in [-0.25, -0.2) is 4.39 Å². The maximum atomic E-state index is 13.3. The Labute approximate surface area is 74.1 Å². The third-order valence-electron chi connectivity index (χ3n) is 1.88. The van der Waals surface area contributed by atoms with Crippen molar-refractivity contribution >= 4 is 11.6 Å². The molecule has 0 unspecified atom stereocenters. The maximum absolute atomic E-state index is 13.3. The van der Waals surface area contributed by atoms with Gasteiger partial charge in [0, 0.05) is 0 Å². The Hall–Kier alpha value is -0.800. The molecule has 0 spiro atoms. The van der Waals surface area contributed by atoms with E-state index >= 15 is 0 Å². The van der Waals surface area contributed by atoms with E-state index in [2.05, 4.69) is 0 Å². The minimum atomic E-state index is -0.459. The van der Waals surface area contributed by atoms with E-state index < -0.39 is 11.9 Å². The Morgan fingerprint density at radius 2 is 2.33 bits per heavy atom. The zero-order chi connectivity index (χ0) is 8.72. The van der Waals surface area contributed by atoms with Crippen molar-refractivity contribution in [2.24, 2.45) is 5.73 Å². The molecule has 1 atom stereocenters. The Balaban J connectivity index is 2.63. The van der Waals surface area contributed by atoms with Crippen molar-refractivity contribution in [3.8, 4) is 5.75 Å². The smallest absolute Gasteiger partial charge is 0.150 e. The predicted molar refractivity (Wildman–Crippen MR) is 43.8 cm³/mol. The molecule has 2 rings (SSSR count). The third-order valence-corrected chi connectivity index (χ3v) is 2.17. The zero-order valence-corrected chi connectivity index (χ0v) is 6.94. The minimum Gasteiger partial charge on any atom is -0.491 e. The van der Waals surface area contributed by atoms with Crippen molar-refractivity contribution in [1.82, 2.24) is 0 Å². The molecule has 2 N–H and O–H groups in total. The topological polar surface area (TPSA) is 35.2 Å². The van der Waals surface area contributed by atoms with Crippen molar-refractivity contribution in [2.75, 3.05) is 6.61 Å². The molecule has 1 aromatic carbocycles. The van der Waals surface area contributed by atoms with Crippen LogP contribution in [0.3, 0.4) is 0 Å². The number of benzene rings is 1. The van der Waals surface area contributed by atoms with E-state index in [4.69, 9.17) is 22.1 Å². The molecule has 0 radical (unpaired) electrons. The molecule has 0 saturated carbocycles. The molecule has 12 heavy (non-hydrogen) atoms. The molecular weight excluding hydrogens is 181 g/mol. The first-order valence-electron chi connectivity index (χ1n) is 3.56. The highest BCUT2D eigenvalue weighted by Gasteiger charge is 2.25. The lowest BCUT2D eigenvalue weighted by molar-refractivity contribution is 0.333. The van der Waals surface area contributed by atoms with Gasteiger partial charge >= 0.3 is 0 Å². The molecule has 0 saturated heterocycles. The van der Waals surface area contributed by atoms with Crippen LogP contribution in [0.15, 0.2) is 12.1 Å². The van der Waals surface area contributed by atoms with Crippen LogP contribution in [-0.4, -0.2) is 6.61 Å². The van der Waals surface area contributed by atoms with Gasteiger partial charge in [0.05, 0.1) is 16.6 Å². The first-order valence-corrected chi connectivity index (χ1v) is 3.94. The van der Waals surface area contributed by atoms with Gasteiger partial charge in [-0.05, 0) is 12.1 Å². The predicted octanol–water partition coefficient (Wildman–Crippen LogP) is 1.87. The van der Waals surface area contributed by atoms with E-state index in [-0.39, 0.29) is 5.02 Å². The van der Waals surface area contributed by atoms with Crippen molar-refractivity contribution in [3.63, 3.8) is 0 Å². The molecule has 1 aliphatic heterocycles. The van der Waals surface area contributed by atoms with Gasteiger partial charge < -0.3 is 10.5 Å². The molecule has 0 bridgehead atoms. The van der Waals surface area contributed by atoms with E-state index in [1.54, 1.807) is 6.07 Å². The highest BCUT2D eigenvalue weighted by molar-refractivity contribution is 6.30. The number of fused-ring (bicyclic) bond motifs is 1. The summed E-state index contributed by atoms with van der Waals surface area (Å²) in [5, 5.41) is 0.0923. The van der Waals surface area contributed by atoms with E-state index in [9.17, 15) is 4.39 Å². The highest BCUT2D eigenvalue weighted by Crippen LogP contribution is 2.35. The molecule has 0 aromatic heterocycles. The Morgan fingerprint density at radius 3 is 3.08 bits per heavy atom. The molecule has 64 valence electrons. The average molecular weight is 188 g/mol. The molecule has 0 amide bonds. The number of ether oxygens (including phenoxy) is 1. The minimum absolute atomic E-state index is 0.0923. The Bertz CT molecular complexity index is 329. The van der Waals surface area contributed by atoms with Gasteiger partial charge in [0.2, 0.25) is 0 Å². The Kier molecular flexibility index (Phi) is 1.70. The van der Waals surface area contributed by atoms with Gasteiger partial charge in [-0.15, -0.1) is 0 Å². The monoisotopic (exact) mass is 187 g/mol. The number of hydrogen-bond acceptors (Lipinski definition) is 2. The first kappa shape index (κ1) is 7.83. The van der Waals surface area contributed by atoms with Crippen LogP contribution < -0.4 is 10.5 Å². The molecule has 1 aromatic rings. The van der Waals surface area contributed by atoms with Crippen molar-refractivity contribution in [2.45, 2.75) is 6.04 Å². The maximum Gasteiger partial charge on any atom is 0.150 e. The summed E-state index contributed by atoms with van der Waals surface area (Å²) in [5.41, 5.74) is 5.98. The van der Waals surface area contributed by atoms with Gasteiger partial charge in [0.25, 0.3) is 0 Å². The van der Waals surface area contributed by atoms with Gasteiger partial charge in [0.1, 0.15) is 18.2 Å². The average Bonchev–Trinajstić information content (AvgIpc) is 2.41. The number of rotatable bonds is 0. The molecule has 1 aliphatic rings. The van der Waals surface area contributed by atoms with E-state index in [0.29, 0.717) is 17.9 Å². The second-order valence-electron chi connectivity index (χ2n) is 2.69. The molecular formula is C8H7ClFNO. The summed E-state index contributed by atoms with van der Waals surface area (Å²) in [4.78, 5) is 0. The van der Waals surface area contributed by atoms with Crippen molar-refractivity contribution < 1.29 is 9.13 Å². The van der Waals surface area contributed by atoms with E-state index in [1.165, 1.54) is 6.07 Å². The van der Waals surface area contributed by atoms with Crippen LogP contribution >= 0.6 is 11.6 Å². The fourth-order valence-corrected chi connectivity index (χ4v) is 1.45. The summed E-state index contributed by atoms with van der Waals surface area (Å²) in [6.07, 6.45) is 0. The number of hydrogen-bond donors (Lipinski definition) is 1. The molecule has 2 nitrogen and oxygen atoms in total. The molecule has 0 fully saturated rings. The largest absolute Gasteiger partial charge is 0.491 e. The fraction of sp³-hybridized carbons (Fsp3) is 0.250. The fourth-order valence-electron chi connectivity index (χ4n) is 1.28. The van der Waals surface area contributed by atoms with Gasteiger partial charge in [-0.2, -0.15) is 0 Å². The molecule has 1 heterocycles. The summed E-state index contributed by atoms with van der Waals surface area (Å²) in [6, 6.07) is 2.71.